The molecule has 1 saturated heterocycles. The summed E-state index contributed by atoms with van der Waals surface area (Å²) in [6.45, 7) is 1.53. The van der Waals surface area contributed by atoms with Crippen LogP contribution >= 0.6 is 11.3 Å². The molecule has 3 heterocycles. The monoisotopic (exact) mass is 465 g/mol. The molecule has 8 heteroatoms. The summed E-state index contributed by atoms with van der Waals surface area (Å²) >= 11 is 1.54. The van der Waals surface area contributed by atoms with Gasteiger partial charge in [-0.15, -0.1) is 11.3 Å². The molecule has 0 bridgehead atoms. The Labute approximate surface area is 197 Å². The third-order valence-electron chi connectivity index (χ3n) is 5.48. The largest absolute Gasteiger partial charge is 0.497 e. The van der Waals surface area contributed by atoms with Gasteiger partial charge in [0.2, 0.25) is 11.8 Å². The first-order valence-corrected chi connectivity index (χ1v) is 11.7. The molecule has 1 unspecified atom stereocenters. The third-order valence-corrected chi connectivity index (χ3v) is 6.36. The molecule has 1 aromatic carbocycles. The van der Waals surface area contributed by atoms with Gasteiger partial charge in [-0.2, -0.15) is 0 Å². The summed E-state index contributed by atoms with van der Waals surface area (Å²) in [7, 11) is 1.63. The van der Waals surface area contributed by atoms with Gasteiger partial charge in [0.05, 0.1) is 45.0 Å². The van der Waals surface area contributed by atoms with Crippen molar-refractivity contribution < 1.29 is 19.1 Å². The number of rotatable bonds is 8. The zero-order valence-electron chi connectivity index (χ0n) is 18.6. The molecule has 0 saturated carbocycles. The number of hydrogen-bond acceptors (Lipinski definition) is 6. The molecule has 1 aliphatic rings. The molecular formula is C25H27N3O4S. The van der Waals surface area contributed by atoms with Gasteiger partial charge in [0, 0.05) is 24.2 Å². The average Bonchev–Trinajstić information content (AvgIpc) is 3.29. The van der Waals surface area contributed by atoms with Crippen LogP contribution in [0.25, 0.3) is 0 Å². The van der Waals surface area contributed by atoms with E-state index in [0.717, 1.165) is 21.9 Å². The van der Waals surface area contributed by atoms with Gasteiger partial charge in [-0.3, -0.25) is 14.6 Å². The number of carbonyl (C=O) groups excluding carboxylic acids is 2. The zero-order chi connectivity index (χ0) is 23.0. The van der Waals surface area contributed by atoms with Crippen LogP contribution in [0, 0.1) is 0 Å². The molecule has 0 radical (unpaired) electrons. The summed E-state index contributed by atoms with van der Waals surface area (Å²) in [4.78, 5) is 34.8. The Morgan fingerprint density at radius 3 is 2.82 bits per heavy atom. The molecular weight excluding hydrogens is 438 g/mol. The number of ether oxygens (including phenoxy) is 2. The van der Waals surface area contributed by atoms with Crippen LogP contribution < -0.4 is 4.74 Å². The Kier molecular flexibility index (Phi) is 7.70. The van der Waals surface area contributed by atoms with Crippen LogP contribution in [-0.4, -0.2) is 59.4 Å². The summed E-state index contributed by atoms with van der Waals surface area (Å²) in [6, 6.07) is 17.2. The minimum absolute atomic E-state index is 0.0378. The predicted molar refractivity (Wildman–Crippen MR) is 126 cm³/mol. The van der Waals surface area contributed by atoms with Gasteiger partial charge >= 0.3 is 0 Å². The first-order valence-electron chi connectivity index (χ1n) is 10.8. The number of methoxy groups -OCH3 is 1. The van der Waals surface area contributed by atoms with Crippen molar-refractivity contribution in [1.82, 2.24) is 14.8 Å². The van der Waals surface area contributed by atoms with E-state index in [2.05, 4.69) is 4.98 Å². The SMILES string of the molecule is COc1cccc(COC2CN(C(=O)Cc3cccs3)CC(=O)N(Cc3ccccn3)C2)c1. The van der Waals surface area contributed by atoms with Gasteiger partial charge in [0.25, 0.3) is 0 Å². The summed E-state index contributed by atoms with van der Waals surface area (Å²) in [5, 5.41) is 1.95. The Bertz CT molecular complexity index is 1060. The van der Waals surface area contributed by atoms with E-state index in [1.165, 1.54) is 0 Å². The van der Waals surface area contributed by atoms with Gasteiger partial charge < -0.3 is 19.3 Å². The van der Waals surface area contributed by atoms with Crippen molar-refractivity contribution in [3.63, 3.8) is 0 Å². The highest BCUT2D eigenvalue weighted by Crippen LogP contribution is 2.18. The fraction of sp³-hybridized carbons (Fsp3) is 0.320. The lowest BCUT2D eigenvalue weighted by Crippen LogP contribution is -2.40. The van der Waals surface area contributed by atoms with E-state index in [0.29, 0.717) is 26.2 Å². The van der Waals surface area contributed by atoms with E-state index < -0.39 is 0 Å². The molecule has 2 amide bonds. The van der Waals surface area contributed by atoms with Gasteiger partial charge in [-0.25, -0.2) is 0 Å². The van der Waals surface area contributed by atoms with E-state index >= 15 is 0 Å². The molecule has 1 aliphatic heterocycles. The van der Waals surface area contributed by atoms with E-state index in [4.69, 9.17) is 9.47 Å². The first-order chi connectivity index (χ1) is 16.1. The lowest BCUT2D eigenvalue weighted by Gasteiger charge is -2.25. The molecule has 33 heavy (non-hydrogen) atoms. The van der Waals surface area contributed by atoms with Crippen molar-refractivity contribution in [2.45, 2.75) is 25.7 Å². The molecule has 0 N–H and O–H groups in total. The van der Waals surface area contributed by atoms with Crippen LogP contribution in [0.2, 0.25) is 0 Å². The fourth-order valence-electron chi connectivity index (χ4n) is 3.76. The van der Waals surface area contributed by atoms with Crippen molar-refractivity contribution in [3.05, 3.63) is 82.3 Å². The summed E-state index contributed by atoms with van der Waals surface area (Å²) in [6.07, 6.45) is 1.68. The van der Waals surface area contributed by atoms with E-state index in [-0.39, 0.29) is 30.9 Å². The fourth-order valence-corrected chi connectivity index (χ4v) is 4.46. The molecule has 1 fully saturated rings. The van der Waals surface area contributed by atoms with Crippen LogP contribution in [0.4, 0.5) is 0 Å². The van der Waals surface area contributed by atoms with Crippen molar-refractivity contribution in [2.75, 3.05) is 26.7 Å². The van der Waals surface area contributed by atoms with Crippen molar-refractivity contribution in [3.8, 4) is 5.75 Å². The van der Waals surface area contributed by atoms with E-state index in [1.54, 1.807) is 34.4 Å². The summed E-state index contributed by atoms with van der Waals surface area (Å²) in [5.41, 5.74) is 1.77. The minimum Gasteiger partial charge on any atom is -0.497 e. The second-order valence-electron chi connectivity index (χ2n) is 7.91. The van der Waals surface area contributed by atoms with Crippen molar-refractivity contribution in [1.29, 1.82) is 0 Å². The molecule has 7 nitrogen and oxygen atoms in total. The highest BCUT2D eigenvalue weighted by molar-refractivity contribution is 7.10. The highest BCUT2D eigenvalue weighted by atomic mass is 32.1. The number of nitrogens with zero attached hydrogens (tertiary/aromatic N) is 3. The summed E-state index contributed by atoms with van der Waals surface area (Å²) < 4.78 is 11.5. The highest BCUT2D eigenvalue weighted by Gasteiger charge is 2.31. The van der Waals surface area contributed by atoms with Crippen LogP contribution in [0.5, 0.6) is 5.75 Å². The molecule has 3 aromatic rings. The number of thiophene rings is 1. The topological polar surface area (TPSA) is 72.0 Å². The van der Waals surface area contributed by atoms with Crippen molar-refractivity contribution in [2.24, 2.45) is 0 Å². The Morgan fingerprint density at radius 1 is 1.15 bits per heavy atom. The average molecular weight is 466 g/mol. The second kappa shape index (κ2) is 11.1. The standard InChI is InChI=1S/C25H27N3O4S/c1-31-21-8-4-6-19(12-21)18-32-22-15-27(14-20-7-2-3-10-26-20)25(30)17-28(16-22)24(29)13-23-9-5-11-33-23/h2-12,22H,13-18H2,1H3. The molecule has 0 spiro atoms. The number of carbonyl (C=O) groups is 2. The normalized spacial score (nSPS) is 16.5. The van der Waals surface area contributed by atoms with Gasteiger partial charge in [-0.05, 0) is 41.3 Å². The zero-order valence-corrected chi connectivity index (χ0v) is 19.4. The van der Waals surface area contributed by atoms with Crippen LogP contribution in [0.15, 0.2) is 66.2 Å². The Morgan fingerprint density at radius 2 is 2.06 bits per heavy atom. The third kappa shape index (κ3) is 6.40. The maximum Gasteiger partial charge on any atom is 0.242 e. The van der Waals surface area contributed by atoms with Crippen LogP contribution in [0.3, 0.4) is 0 Å². The molecule has 4 rings (SSSR count). The maximum atomic E-state index is 13.1. The number of benzene rings is 1. The quantitative estimate of drug-likeness (QED) is 0.511. The number of pyridine rings is 1. The van der Waals surface area contributed by atoms with E-state index in [1.807, 2.05) is 60.0 Å². The van der Waals surface area contributed by atoms with Gasteiger partial charge in [0.1, 0.15) is 5.75 Å². The van der Waals surface area contributed by atoms with Crippen LogP contribution in [0.1, 0.15) is 16.1 Å². The van der Waals surface area contributed by atoms with Gasteiger partial charge in [-0.1, -0.05) is 24.3 Å². The lowest BCUT2D eigenvalue weighted by molar-refractivity contribution is -0.138. The summed E-state index contributed by atoms with van der Waals surface area (Å²) in [5.74, 6) is 0.588. The minimum atomic E-state index is -0.321. The molecule has 1 atom stereocenters. The number of aromatic nitrogens is 1. The second-order valence-corrected chi connectivity index (χ2v) is 8.94. The van der Waals surface area contributed by atoms with E-state index in [9.17, 15) is 9.59 Å². The number of hydrogen-bond donors (Lipinski definition) is 0. The molecule has 2 aromatic heterocycles. The Hall–Kier alpha value is -3.23. The lowest BCUT2D eigenvalue weighted by atomic mass is 10.2. The number of amides is 2. The predicted octanol–water partition coefficient (Wildman–Crippen LogP) is 3.15. The molecule has 0 aliphatic carbocycles. The molecule has 172 valence electrons. The first kappa shape index (κ1) is 22.9. The Balaban J connectivity index is 1.49. The maximum absolute atomic E-state index is 13.1. The smallest absolute Gasteiger partial charge is 0.242 e. The van der Waals surface area contributed by atoms with Gasteiger partial charge in [0.15, 0.2) is 0 Å². The van der Waals surface area contributed by atoms with Crippen molar-refractivity contribution >= 4 is 23.2 Å². The van der Waals surface area contributed by atoms with Crippen LogP contribution in [-0.2, 0) is 33.9 Å².